The quantitative estimate of drug-likeness (QED) is 0.753. The zero-order valence-electron chi connectivity index (χ0n) is 13.2. The average Bonchev–Trinajstić information content (AvgIpc) is 3.13. The molecule has 0 saturated carbocycles. The lowest BCUT2D eigenvalue weighted by atomic mass is 10.2. The minimum atomic E-state index is -0.958. The van der Waals surface area contributed by atoms with E-state index in [1.54, 1.807) is 0 Å². The van der Waals surface area contributed by atoms with Crippen molar-refractivity contribution in [2.75, 3.05) is 18.5 Å². The lowest BCUT2D eigenvalue weighted by Crippen LogP contribution is -2.30. The van der Waals surface area contributed by atoms with Crippen LogP contribution in [-0.2, 0) is 9.47 Å². The third-order valence-electron chi connectivity index (χ3n) is 3.57. The summed E-state index contributed by atoms with van der Waals surface area (Å²) in [4.78, 5) is 38.0. The largest absolute Gasteiger partial charge is 0.391 e. The number of halogens is 1. The van der Waals surface area contributed by atoms with E-state index in [1.165, 1.54) is 24.3 Å². The maximum absolute atomic E-state index is 14.2. The molecule has 1 aromatic heterocycles. The SMILES string of the molecule is O=Nc1ccc(C(=O)Nc2nc(=O)n(C3COC(CO)O3)cc2F)cc1. The maximum Gasteiger partial charge on any atom is 0.351 e. The Kier molecular flexibility index (Phi) is 5.11. The topological polar surface area (TPSA) is 132 Å². The number of aliphatic hydroxyl groups is 1. The number of hydrogen-bond acceptors (Lipinski definition) is 8. The predicted octanol–water partition coefficient (Wildman–Crippen LogP) is 0.896. The number of anilines is 1. The van der Waals surface area contributed by atoms with Gasteiger partial charge in [-0.2, -0.15) is 4.98 Å². The normalized spacial score (nSPS) is 19.3. The number of aliphatic hydroxyl groups excluding tert-OH is 1. The first-order valence-corrected chi connectivity index (χ1v) is 7.43. The molecule has 2 N–H and O–H groups in total. The molecule has 1 saturated heterocycles. The van der Waals surface area contributed by atoms with Gasteiger partial charge in [-0.05, 0) is 29.4 Å². The highest BCUT2D eigenvalue weighted by Gasteiger charge is 2.28. The van der Waals surface area contributed by atoms with Gasteiger partial charge in [-0.1, -0.05) is 0 Å². The summed E-state index contributed by atoms with van der Waals surface area (Å²) >= 11 is 0. The second kappa shape index (κ2) is 7.47. The molecule has 2 atom stereocenters. The van der Waals surface area contributed by atoms with E-state index in [2.05, 4.69) is 15.5 Å². The van der Waals surface area contributed by atoms with E-state index < -0.39 is 42.4 Å². The Morgan fingerprint density at radius 1 is 1.42 bits per heavy atom. The van der Waals surface area contributed by atoms with Crippen LogP contribution in [0.5, 0.6) is 0 Å². The Bertz CT molecular complexity index is 885. The number of carbonyl (C=O) groups excluding carboxylic acids is 1. The number of benzene rings is 1. The molecule has 1 aliphatic rings. The van der Waals surface area contributed by atoms with Gasteiger partial charge >= 0.3 is 5.69 Å². The molecule has 1 aliphatic heterocycles. The minimum Gasteiger partial charge on any atom is -0.391 e. The van der Waals surface area contributed by atoms with Gasteiger partial charge in [0, 0.05) is 5.56 Å². The van der Waals surface area contributed by atoms with Crippen LogP contribution in [0.2, 0.25) is 0 Å². The van der Waals surface area contributed by atoms with E-state index in [0.717, 1.165) is 10.8 Å². The standard InChI is InChI=1S/C15H13FN4O6/c16-10-5-20(11-7-25-12(6-21)26-11)15(23)18-13(10)17-14(22)8-1-3-9(19-24)4-2-8/h1-5,11-12,21H,6-7H2,(H,17,18,22,23). The molecule has 0 aliphatic carbocycles. The van der Waals surface area contributed by atoms with Crippen molar-refractivity contribution < 1.29 is 23.8 Å². The Hall–Kier alpha value is -3.02. The summed E-state index contributed by atoms with van der Waals surface area (Å²) in [6, 6.07) is 5.28. The van der Waals surface area contributed by atoms with Crippen molar-refractivity contribution in [2.45, 2.75) is 12.5 Å². The van der Waals surface area contributed by atoms with Crippen molar-refractivity contribution in [3.05, 3.63) is 57.2 Å². The van der Waals surface area contributed by atoms with Crippen molar-refractivity contribution in [3.8, 4) is 0 Å². The van der Waals surface area contributed by atoms with Gasteiger partial charge in [0.15, 0.2) is 24.2 Å². The van der Waals surface area contributed by atoms with Crippen LogP contribution < -0.4 is 11.0 Å². The molecule has 0 bridgehead atoms. The number of aromatic nitrogens is 2. The molecule has 2 heterocycles. The van der Waals surface area contributed by atoms with Crippen molar-refractivity contribution in [1.29, 1.82) is 0 Å². The molecule has 1 aromatic carbocycles. The fourth-order valence-corrected chi connectivity index (χ4v) is 2.28. The molecule has 136 valence electrons. The number of ether oxygens (including phenoxy) is 2. The molecular weight excluding hydrogens is 351 g/mol. The smallest absolute Gasteiger partial charge is 0.351 e. The number of nitrogens with zero attached hydrogens (tertiary/aromatic N) is 3. The van der Waals surface area contributed by atoms with Gasteiger partial charge in [-0.3, -0.25) is 9.36 Å². The lowest BCUT2D eigenvalue weighted by molar-refractivity contribution is -0.0993. The zero-order valence-corrected chi connectivity index (χ0v) is 13.2. The van der Waals surface area contributed by atoms with E-state index in [4.69, 9.17) is 14.6 Å². The van der Waals surface area contributed by atoms with Gasteiger partial charge in [0.25, 0.3) is 5.91 Å². The first-order valence-electron chi connectivity index (χ1n) is 7.43. The Morgan fingerprint density at radius 3 is 2.77 bits per heavy atom. The first-order chi connectivity index (χ1) is 12.5. The fraction of sp³-hybridized carbons (Fsp3) is 0.267. The number of carbonyl (C=O) groups is 1. The van der Waals surface area contributed by atoms with Crippen molar-refractivity contribution >= 4 is 17.4 Å². The number of nitrogens with one attached hydrogen (secondary N) is 1. The van der Waals surface area contributed by atoms with Crippen LogP contribution in [0.1, 0.15) is 16.6 Å². The molecule has 11 heteroatoms. The number of hydrogen-bond donors (Lipinski definition) is 2. The van der Waals surface area contributed by atoms with Crippen LogP contribution in [0.15, 0.2) is 40.4 Å². The van der Waals surface area contributed by atoms with Crippen molar-refractivity contribution in [2.24, 2.45) is 5.18 Å². The number of rotatable bonds is 5. The molecule has 0 spiro atoms. The van der Waals surface area contributed by atoms with Gasteiger partial charge in [-0.25, -0.2) is 9.18 Å². The van der Waals surface area contributed by atoms with E-state index in [1.807, 2.05) is 0 Å². The van der Waals surface area contributed by atoms with Crippen LogP contribution in [0, 0.1) is 10.7 Å². The first kappa shape index (κ1) is 17.8. The molecule has 10 nitrogen and oxygen atoms in total. The van der Waals surface area contributed by atoms with Gasteiger partial charge in [0.1, 0.15) is 5.69 Å². The lowest BCUT2D eigenvalue weighted by Gasteiger charge is -2.13. The Morgan fingerprint density at radius 2 is 2.15 bits per heavy atom. The number of nitroso groups, excluding NO2 is 1. The predicted molar refractivity (Wildman–Crippen MR) is 85.3 cm³/mol. The summed E-state index contributed by atoms with van der Waals surface area (Å²) in [5.41, 5.74) is -0.607. The molecule has 1 amide bonds. The van der Waals surface area contributed by atoms with Gasteiger partial charge < -0.3 is 19.9 Å². The Balaban J connectivity index is 1.78. The number of amides is 1. The van der Waals surface area contributed by atoms with Crippen LogP contribution in [0.25, 0.3) is 0 Å². The molecule has 2 aromatic rings. The summed E-state index contributed by atoms with van der Waals surface area (Å²) in [6.07, 6.45) is -1.01. The van der Waals surface area contributed by atoms with Gasteiger partial charge in [-0.15, -0.1) is 4.91 Å². The highest BCUT2D eigenvalue weighted by Crippen LogP contribution is 2.20. The minimum absolute atomic E-state index is 0.0604. The molecule has 1 fully saturated rings. The van der Waals surface area contributed by atoms with Gasteiger partial charge in [0.2, 0.25) is 0 Å². The van der Waals surface area contributed by atoms with Crippen LogP contribution in [0.4, 0.5) is 15.9 Å². The van der Waals surface area contributed by atoms with Crippen molar-refractivity contribution in [1.82, 2.24) is 9.55 Å². The summed E-state index contributed by atoms with van der Waals surface area (Å²) in [7, 11) is 0. The zero-order chi connectivity index (χ0) is 18.7. The highest BCUT2D eigenvalue weighted by atomic mass is 19.1. The third-order valence-corrected chi connectivity index (χ3v) is 3.57. The van der Waals surface area contributed by atoms with Crippen molar-refractivity contribution in [3.63, 3.8) is 0 Å². The summed E-state index contributed by atoms with van der Waals surface area (Å²) in [5.74, 6) is -2.22. The van der Waals surface area contributed by atoms with Gasteiger partial charge in [0.05, 0.1) is 19.4 Å². The fourth-order valence-electron chi connectivity index (χ4n) is 2.28. The van der Waals surface area contributed by atoms with E-state index >= 15 is 0 Å². The molecule has 3 rings (SSSR count). The molecule has 0 radical (unpaired) electrons. The monoisotopic (exact) mass is 364 g/mol. The molecular formula is C15H13FN4O6. The second-order valence-electron chi connectivity index (χ2n) is 5.26. The molecule has 26 heavy (non-hydrogen) atoms. The van der Waals surface area contributed by atoms with E-state index in [9.17, 15) is 18.9 Å². The maximum atomic E-state index is 14.2. The third kappa shape index (κ3) is 3.64. The summed E-state index contributed by atoms with van der Waals surface area (Å²) in [5, 5.41) is 13.8. The van der Waals surface area contributed by atoms with Crippen LogP contribution >= 0.6 is 0 Å². The van der Waals surface area contributed by atoms with Crippen LogP contribution in [0.3, 0.4) is 0 Å². The molecule has 2 unspecified atom stereocenters. The highest BCUT2D eigenvalue weighted by molar-refractivity contribution is 6.03. The van der Waals surface area contributed by atoms with Crippen LogP contribution in [-0.4, -0.2) is 40.1 Å². The second-order valence-corrected chi connectivity index (χ2v) is 5.26. The summed E-state index contributed by atoms with van der Waals surface area (Å²) in [6.45, 7) is -0.469. The van der Waals surface area contributed by atoms with E-state index in [-0.39, 0.29) is 17.9 Å². The average molecular weight is 364 g/mol. The summed E-state index contributed by atoms with van der Waals surface area (Å²) < 4.78 is 25.3. The van der Waals surface area contributed by atoms with E-state index in [0.29, 0.717) is 0 Å². The Labute approximate surface area is 145 Å².